The van der Waals surface area contributed by atoms with E-state index in [0.29, 0.717) is 5.56 Å². The van der Waals surface area contributed by atoms with Crippen molar-refractivity contribution in [1.29, 1.82) is 0 Å². The lowest BCUT2D eigenvalue weighted by molar-refractivity contribution is -0.111. The summed E-state index contributed by atoms with van der Waals surface area (Å²) in [4.78, 5) is 10.7. The molecular formula is C9H11NO3S. The van der Waals surface area contributed by atoms with Crippen LogP contribution in [0, 0.1) is 0 Å². The van der Waals surface area contributed by atoms with Crippen molar-refractivity contribution in [1.82, 2.24) is 0 Å². The van der Waals surface area contributed by atoms with E-state index in [0.717, 1.165) is 0 Å². The number of aromatic hydroxyl groups is 2. The Kier molecular flexibility index (Phi) is 3.38. The molecule has 0 saturated heterocycles. The van der Waals surface area contributed by atoms with Gasteiger partial charge in [0.25, 0.3) is 0 Å². The van der Waals surface area contributed by atoms with Gasteiger partial charge in [-0.2, -0.15) is 0 Å². The first-order valence-electron chi connectivity index (χ1n) is 4.00. The van der Waals surface area contributed by atoms with Gasteiger partial charge in [0, 0.05) is 0 Å². The number of phenols is 2. The molecule has 0 fully saturated rings. The Labute approximate surface area is 86.8 Å². The van der Waals surface area contributed by atoms with E-state index in [9.17, 15) is 4.79 Å². The minimum Gasteiger partial charge on any atom is -0.504 e. The van der Waals surface area contributed by atoms with Crippen LogP contribution in [0.25, 0.3) is 0 Å². The van der Waals surface area contributed by atoms with E-state index in [-0.39, 0.29) is 17.9 Å². The number of hydrogen-bond acceptors (Lipinski definition) is 4. The van der Waals surface area contributed by atoms with E-state index in [4.69, 9.17) is 15.9 Å². The highest BCUT2D eigenvalue weighted by Crippen LogP contribution is 2.25. The minimum absolute atomic E-state index is 0.195. The van der Waals surface area contributed by atoms with E-state index >= 15 is 0 Å². The lowest BCUT2D eigenvalue weighted by atomic mass is 10.1. The van der Waals surface area contributed by atoms with E-state index in [1.54, 1.807) is 6.07 Å². The van der Waals surface area contributed by atoms with Gasteiger partial charge < -0.3 is 15.9 Å². The van der Waals surface area contributed by atoms with Gasteiger partial charge in [-0.1, -0.05) is 6.07 Å². The maximum atomic E-state index is 10.7. The van der Waals surface area contributed by atoms with Gasteiger partial charge in [-0.15, -0.1) is 12.6 Å². The first-order chi connectivity index (χ1) is 6.50. The van der Waals surface area contributed by atoms with Crippen molar-refractivity contribution in [2.45, 2.75) is 12.5 Å². The fourth-order valence-electron chi connectivity index (χ4n) is 1.04. The number of benzene rings is 1. The lowest BCUT2D eigenvalue weighted by Gasteiger charge is -2.07. The van der Waals surface area contributed by atoms with Crippen LogP contribution in [0.1, 0.15) is 5.56 Å². The Morgan fingerprint density at radius 1 is 1.43 bits per heavy atom. The first-order valence-corrected chi connectivity index (χ1v) is 4.44. The number of phenolic OH excluding ortho intramolecular Hbond substituents is 2. The SMILES string of the molecule is NC(Cc1ccc(O)c(O)c1)C(=O)S. The summed E-state index contributed by atoms with van der Waals surface area (Å²) in [6.07, 6.45) is 0.288. The number of rotatable bonds is 3. The second-order valence-corrected chi connectivity index (χ2v) is 3.41. The maximum Gasteiger partial charge on any atom is 0.202 e. The van der Waals surface area contributed by atoms with Crippen LogP contribution >= 0.6 is 12.6 Å². The summed E-state index contributed by atoms with van der Waals surface area (Å²) in [5.74, 6) is -0.416. The van der Waals surface area contributed by atoms with E-state index in [1.807, 2.05) is 0 Å². The molecule has 0 amide bonds. The monoisotopic (exact) mass is 213 g/mol. The molecule has 4 nitrogen and oxygen atoms in total. The third-order valence-corrected chi connectivity index (χ3v) is 2.14. The molecule has 0 aliphatic rings. The molecule has 1 rings (SSSR count). The molecule has 0 aliphatic carbocycles. The average Bonchev–Trinajstić information content (AvgIpc) is 2.11. The molecule has 0 radical (unpaired) electrons. The molecule has 1 aromatic rings. The number of nitrogens with two attached hydrogens (primary N) is 1. The van der Waals surface area contributed by atoms with Gasteiger partial charge in [0.2, 0.25) is 5.12 Å². The fourth-order valence-corrected chi connectivity index (χ4v) is 1.13. The topological polar surface area (TPSA) is 83.6 Å². The van der Waals surface area contributed by atoms with Gasteiger partial charge in [0.1, 0.15) is 0 Å². The van der Waals surface area contributed by atoms with Crippen molar-refractivity contribution < 1.29 is 15.0 Å². The molecule has 4 N–H and O–H groups in total. The standard InChI is InChI=1S/C9H11NO3S/c10-6(9(13)14)3-5-1-2-7(11)8(12)4-5/h1-2,4,6,11-12H,3,10H2,(H,13,14). The van der Waals surface area contributed by atoms with Gasteiger partial charge in [-0.3, -0.25) is 4.79 Å². The summed E-state index contributed by atoms with van der Waals surface area (Å²) >= 11 is 3.59. The van der Waals surface area contributed by atoms with Crippen molar-refractivity contribution >= 4 is 17.7 Å². The smallest absolute Gasteiger partial charge is 0.202 e. The molecule has 0 aromatic heterocycles. The third kappa shape index (κ3) is 2.65. The number of carbonyl (C=O) groups is 1. The van der Waals surface area contributed by atoms with Crippen molar-refractivity contribution in [3.8, 4) is 11.5 Å². The molecule has 76 valence electrons. The predicted molar refractivity (Wildman–Crippen MR) is 55.4 cm³/mol. The normalized spacial score (nSPS) is 12.4. The largest absolute Gasteiger partial charge is 0.504 e. The van der Waals surface area contributed by atoms with Gasteiger partial charge in [-0.25, -0.2) is 0 Å². The molecular weight excluding hydrogens is 202 g/mol. The first kappa shape index (κ1) is 10.9. The Morgan fingerprint density at radius 2 is 2.07 bits per heavy atom. The number of hydrogen-bond donors (Lipinski definition) is 4. The van der Waals surface area contributed by atoms with E-state index in [2.05, 4.69) is 12.6 Å². The van der Waals surface area contributed by atoms with Crippen LogP contribution in [0.5, 0.6) is 11.5 Å². The van der Waals surface area contributed by atoms with E-state index in [1.165, 1.54) is 12.1 Å². The van der Waals surface area contributed by atoms with Crippen molar-refractivity contribution in [2.24, 2.45) is 5.73 Å². The maximum absolute atomic E-state index is 10.7. The molecule has 1 unspecified atom stereocenters. The van der Waals surface area contributed by atoms with Crippen molar-refractivity contribution in [2.75, 3.05) is 0 Å². The van der Waals surface area contributed by atoms with Gasteiger partial charge in [-0.05, 0) is 24.1 Å². The summed E-state index contributed by atoms with van der Waals surface area (Å²) in [6.45, 7) is 0. The Balaban J connectivity index is 2.78. The summed E-state index contributed by atoms with van der Waals surface area (Å²) in [6, 6.07) is 3.61. The highest BCUT2D eigenvalue weighted by Gasteiger charge is 2.10. The summed E-state index contributed by atoms with van der Waals surface area (Å²) in [7, 11) is 0. The average molecular weight is 213 g/mol. The van der Waals surface area contributed by atoms with Crippen LogP contribution in [0.4, 0.5) is 0 Å². The van der Waals surface area contributed by atoms with Crippen LogP contribution in [0.2, 0.25) is 0 Å². The van der Waals surface area contributed by atoms with Gasteiger partial charge >= 0.3 is 0 Å². The Bertz CT molecular complexity index is 354. The van der Waals surface area contributed by atoms with Crippen LogP contribution in [0.15, 0.2) is 18.2 Å². The van der Waals surface area contributed by atoms with Crippen LogP contribution in [0.3, 0.4) is 0 Å². The minimum atomic E-state index is -0.692. The third-order valence-electron chi connectivity index (χ3n) is 1.81. The second kappa shape index (κ2) is 4.34. The zero-order valence-electron chi connectivity index (χ0n) is 7.34. The molecule has 0 spiro atoms. The quantitative estimate of drug-likeness (QED) is 0.433. The summed E-state index contributed by atoms with van der Waals surface area (Å²) < 4.78 is 0. The van der Waals surface area contributed by atoms with E-state index < -0.39 is 11.2 Å². The number of carbonyl (C=O) groups excluding carboxylic acids is 1. The second-order valence-electron chi connectivity index (χ2n) is 2.97. The zero-order chi connectivity index (χ0) is 10.7. The molecule has 14 heavy (non-hydrogen) atoms. The molecule has 0 heterocycles. The van der Waals surface area contributed by atoms with Crippen molar-refractivity contribution in [3.63, 3.8) is 0 Å². The highest BCUT2D eigenvalue weighted by molar-refractivity contribution is 7.96. The highest BCUT2D eigenvalue weighted by atomic mass is 32.1. The zero-order valence-corrected chi connectivity index (χ0v) is 8.24. The van der Waals surface area contributed by atoms with Crippen LogP contribution in [-0.4, -0.2) is 21.4 Å². The number of thiol groups is 1. The van der Waals surface area contributed by atoms with Crippen LogP contribution in [-0.2, 0) is 11.2 Å². The Hall–Kier alpha value is -1.20. The van der Waals surface area contributed by atoms with Gasteiger partial charge in [0.15, 0.2) is 11.5 Å². The molecule has 0 bridgehead atoms. The molecule has 0 saturated carbocycles. The summed E-state index contributed by atoms with van der Waals surface area (Å²) in [5, 5.41) is 17.8. The Morgan fingerprint density at radius 3 is 2.57 bits per heavy atom. The molecule has 1 aromatic carbocycles. The molecule has 1 atom stereocenters. The fraction of sp³-hybridized carbons (Fsp3) is 0.222. The molecule has 0 aliphatic heterocycles. The lowest BCUT2D eigenvalue weighted by Crippen LogP contribution is -2.29. The predicted octanol–water partition coefficient (Wildman–Crippen LogP) is 0.424. The summed E-state index contributed by atoms with van der Waals surface area (Å²) in [5.41, 5.74) is 6.14. The van der Waals surface area contributed by atoms with Crippen LogP contribution < -0.4 is 5.73 Å². The van der Waals surface area contributed by atoms with Gasteiger partial charge in [0.05, 0.1) is 6.04 Å². The molecule has 5 heteroatoms. The van der Waals surface area contributed by atoms with Crippen molar-refractivity contribution in [3.05, 3.63) is 23.8 Å².